The van der Waals surface area contributed by atoms with Crippen molar-refractivity contribution in [1.82, 2.24) is 9.80 Å². The van der Waals surface area contributed by atoms with Gasteiger partial charge in [0.15, 0.2) is 0 Å². The second kappa shape index (κ2) is 7.96. The predicted molar refractivity (Wildman–Crippen MR) is 103 cm³/mol. The van der Waals surface area contributed by atoms with E-state index < -0.39 is 0 Å². The fourth-order valence-electron chi connectivity index (χ4n) is 3.56. The molecule has 1 N–H and O–H groups in total. The van der Waals surface area contributed by atoms with Crippen LogP contribution in [0.1, 0.15) is 31.2 Å². The molecule has 0 saturated carbocycles. The molecule has 3 rings (SSSR count). The third kappa shape index (κ3) is 4.29. The monoisotopic (exact) mass is 427 g/mol. The molecule has 0 bridgehead atoms. The van der Waals surface area contributed by atoms with Crippen LogP contribution in [0.5, 0.6) is 0 Å². The number of anilines is 1. The molecule has 0 radical (unpaired) electrons. The molecule has 7 heteroatoms. The van der Waals surface area contributed by atoms with Gasteiger partial charge >= 0.3 is 6.03 Å². The molecule has 136 valence electrons. The summed E-state index contributed by atoms with van der Waals surface area (Å²) in [4.78, 5) is 29.0. The molecule has 25 heavy (non-hydrogen) atoms. The summed E-state index contributed by atoms with van der Waals surface area (Å²) in [6, 6.07) is 3.77. The average molecular weight is 429 g/mol. The van der Waals surface area contributed by atoms with Crippen molar-refractivity contribution in [2.75, 3.05) is 31.5 Å². The third-order valence-corrected chi connectivity index (χ3v) is 5.70. The highest BCUT2D eigenvalue weighted by atomic mass is 79.9. The Bertz CT molecular complexity index is 653. The van der Waals surface area contributed by atoms with Crippen molar-refractivity contribution in [2.24, 2.45) is 5.92 Å². The van der Waals surface area contributed by atoms with E-state index in [9.17, 15) is 9.59 Å². The number of benzene rings is 1. The van der Waals surface area contributed by atoms with Crippen LogP contribution in [0.4, 0.5) is 10.5 Å². The molecule has 1 atom stereocenters. The maximum atomic E-state index is 12.7. The lowest BCUT2D eigenvalue weighted by Gasteiger charge is -2.34. The molecule has 2 heterocycles. The maximum absolute atomic E-state index is 12.7. The van der Waals surface area contributed by atoms with Gasteiger partial charge in [-0.05, 0) is 50.3 Å². The minimum atomic E-state index is -0.195. The Labute approximate surface area is 161 Å². The van der Waals surface area contributed by atoms with Crippen molar-refractivity contribution in [3.63, 3.8) is 0 Å². The second-order valence-corrected chi connectivity index (χ2v) is 8.15. The van der Waals surface area contributed by atoms with Crippen LogP contribution in [0.25, 0.3) is 0 Å². The number of carbonyl (C=O) groups is 2. The summed E-state index contributed by atoms with van der Waals surface area (Å²) in [7, 11) is 0. The quantitative estimate of drug-likeness (QED) is 0.764. The Hall–Kier alpha value is -1.27. The number of aryl methyl sites for hydroxylation is 1. The van der Waals surface area contributed by atoms with Gasteiger partial charge < -0.3 is 15.1 Å². The number of nitrogens with one attached hydrogen (secondary N) is 1. The van der Waals surface area contributed by atoms with Crippen LogP contribution in [0.15, 0.2) is 16.6 Å². The van der Waals surface area contributed by atoms with Crippen molar-refractivity contribution in [3.8, 4) is 0 Å². The van der Waals surface area contributed by atoms with Gasteiger partial charge in [-0.15, -0.1) is 0 Å². The average Bonchev–Trinajstić information content (AvgIpc) is 3.12. The van der Waals surface area contributed by atoms with Gasteiger partial charge in [-0.2, -0.15) is 0 Å². The summed E-state index contributed by atoms with van der Waals surface area (Å²) in [6.45, 7) is 4.79. The summed E-state index contributed by atoms with van der Waals surface area (Å²) < 4.78 is 0.882. The fraction of sp³-hybridized carbons (Fsp3) is 0.556. The summed E-state index contributed by atoms with van der Waals surface area (Å²) in [5, 5.41) is 3.48. The zero-order chi connectivity index (χ0) is 18.0. The Kier molecular flexibility index (Phi) is 5.89. The normalized spacial score (nSPS) is 20.7. The number of hydrogen-bond acceptors (Lipinski definition) is 2. The third-order valence-electron chi connectivity index (χ3n) is 4.94. The largest absolute Gasteiger partial charge is 0.325 e. The molecule has 2 aliphatic heterocycles. The molecule has 5 nitrogen and oxygen atoms in total. The zero-order valence-corrected chi connectivity index (χ0v) is 16.7. The Balaban J connectivity index is 1.65. The van der Waals surface area contributed by atoms with Crippen molar-refractivity contribution in [1.29, 1.82) is 0 Å². The summed E-state index contributed by atoms with van der Waals surface area (Å²) in [5.74, 6) is -0.259. The van der Waals surface area contributed by atoms with Crippen LogP contribution in [-0.4, -0.2) is 47.9 Å². The van der Waals surface area contributed by atoms with E-state index >= 15 is 0 Å². The summed E-state index contributed by atoms with van der Waals surface area (Å²) in [6.07, 6.45) is 3.79. The van der Waals surface area contributed by atoms with E-state index in [0.717, 1.165) is 55.4 Å². The van der Waals surface area contributed by atoms with E-state index in [1.54, 1.807) is 6.07 Å². The Morgan fingerprint density at radius 1 is 1.16 bits per heavy atom. The smallest absolute Gasteiger partial charge is 0.320 e. The first-order chi connectivity index (χ1) is 12.0. The van der Waals surface area contributed by atoms with E-state index in [1.807, 2.05) is 22.8 Å². The molecule has 0 aliphatic carbocycles. The molecule has 0 aromatic heterocycles. The minimum absolute atomic E-state index is 0.0637. The number of likely N-dealkylation sites (tertiary alicyclic amines) is 2. The maximum Gasteiger partial charge on any atom is 0.320 e. The number of hydrogen-bond donors (Lipinski definition) is 1. The van der Waals surface area contributed by atoms with Crippen LogP contribution >= 0.6 is 27.5 Å². The van der Waals surface area contributed by atoms with Crippen LogP contribution in [0.2, 0.25) is 5.02 Å². The van der Waals surface area contributed by atoms with Gasteiger partial charge in [0, 0.05) is 30.7 Å². The van der Waals surface area contributed by atoms with Gasteiger partial charge in [0.05, 0.1) is 16.6 Å². The van der Waals surface area contributed by atoms with Crippen molar-refractivity contribution in [3.05, 3.63) is 27.2 Å². The highest BCUT2D eigenvalue weighted by molar-refractivity contribution is 9.10. The molecule has 1 aromatic carbocycles. The first-order valence-corrected chi connectivity index (χ1v) is 9.93. The lowest BCUT2D eigenvalue weighted by atomic mass is 9.97. The van der Waals surface area contributed by atoms with E-state index in [-0.39, 0.29) is 17.9 Å². The highest BCUT2D eigenvalue weighted by Gasteiger charge is 2.31. The van der Waals surface area contributed by atoms with Gasteiger partial charge in [0.25, 0.3) is 0 Å². The van der Waals surface area contributed by atoms with E-state index in [4.69, 9.17) is 11.6 Å². The standard InChI is InChI=1S/C18H23BrClN3O2/c1-12-9-14(19)10-15(20)16(12)21-17(24)13-5-4-8-23(11-13)18(25)22-6-2-3-7-22/h9-10,13H,2-8,11H2,1H3,(H,21,24). The zero-order valence-electron chi connectivity index (χ0n) is 14.4. The number of piperidine rings is 1. The molecular weight excluding hydrogens is 406 g/mol. The fourth-order valence-corrected chi connectivity index (χ4v) is 4.58. The van der Waals surface area contributed by atoms with Gasteiger partial charge in [0.2, 0.25) is 5.91 Å². The lowest BCUT2D eigenvalue weighted by Crippen LogP contribution is -2.48. The highest BCUT2D eigenvalue weighted by Crippen LogP contribution is 2.31. The molecule has 2 fully saturated rings. The van der Waals surface area contributed by atoms with Gasteiger partial charge in [-0.1, -0.05) is 27.5 Å². The van der Waals surface area contributed by atoms with E-state index in [0.29, 0.717) is 17.3 Å². The van der Waals surface area contributed by atoms with Gasteiger partial charge in [-0.25, -0.2) is 4.79 Å². The molecule has 3 amide bonds. The first-order valence-electron chi connectivity index (χ1n) is 8.76. The SMILES string of the molecule is Cc1cc(Br)cc(Cl)c1NC(=O)C1CCCN(C(=O)N2CCCC2)C1. The number of urea groups is 1. The number of rotatable bonds is 2. The Morgan fingerprint density at radius 2 is 1.84 bits per heavy atom. The predicted octanol–water partition coefficient (Wildman–Crippen LogP) is 4.28. The number of carbonyl (C=O) groups excluding carboxylic acids is 2. The molecule has 1 aromatic rings. The van der Waals surface area contributed by atoms with E-state index in [2.05, 4.69) is 21.2 Å². The van der Waals surface area contributed by atoms with Crippen molar-refractivity contribution < 1.29 is 9.59 Å². The Morgan fingerprint density at radius 3 is 2.52 bits per heavy atom. The molecule has 2 aliphatic rings. The summed E-state index contributed by atoms with van der Waals surface area (Å²) in [5.41, 5.74) is 1.56. The summed E-state index contributed by atoms with van der Waals surface area (Å²) >= 11 is 9.67. The van der Waals surface area contributed by atoms with Crippen LogP contribution in [0, 0.1) is 12.8 Å². The second-order valence-electron chi connectivity index (χ2n) is 6.83. The van der Waals surface area contributed by atoms with Crippen molar-refractivity contribution in [2.45, 2.75) is 32.6 Å². The van der Waals surface area contributed by atoms with Gasteiger partial charge in [-0.3, -0.25) is 4.79 Å². The van der Waals surface area contributed by atoms with Gasteiger partial charge in [0.1, 0.15) is 0 Å². The molecule has 0 spiro atoms. The minimum Gasteiger partial charge on any atom is -0.325 e. The lowest BCUT2D eigenvalue weighted by molar-refractivity contribution is -0.121. The van der Waals surface area contributed by atoms with Crippen LogP contribution < -0.4 is 5.32 Å². The number of amides is 3. The van der Waals surface area contributed by atoms with Crippen LogP contribution in [0.3, 0.4) is 0 Å². The number of halogens is 2. The van der Waals surface area contributed by atoms with Crippen LogP contribution in [-0.2, 0) is 4.79 Å². The molecular formula is C18H23BrClN3O2. The first kappa shape index (κ1) is 18.5. The van der Waals surface area contributed by atoms with E-state index in [1.165, 1.54) is 0 Å². The topological polar surface area (TPSA) is 52.7 Å². The van der Waals surface area contributed by atoms with Crippen molar-refractivity contribution >= 4 is 45.2 Å². The molecule has 1 unspecified atom stereocenters. The number of nitrogens with zero attached hydrogens (tertiary/aromatic N) is 2. The molecule has 2 saturated heterocycles.